The van der Waals surface area contributed by atoms with Crippen molar-refractivity contribution >= 4 is 67.6 Å². The predicted molar refractivity (Wildman–Crippen MR) is 294 cm³/mol. The summed E-state index contributed by atoms with van der Waals surface area (Å²) < 4.78 is 4.97. The number of benzene rings is 10. The molecule has 2 nitrogen and oxygen atoms in total. The van der Waals surface area contributed by atoms with Crippen LogP contribution in [0, 0.1) is 0 Å². The maximum atomic E-state index is 2.59. The van der Waals surface area contributed by atoms with Crippen LogP contribution in [0.3, 0.4) is 0 Å². The van der Waals surface area contributed by atoms with Crippen LogP contribution in [0.4, 0.5) is 0 Å². The van der Waals surface area contributed by atoms with Crippen molar-refractivity contribution in [3.05, 3.63) is 260 Å². The largest absolute Gasteiger partial charge is 0.313 e. The minimum absolute atomic E-state index is 0.981. The van der Waals surface area contributed by atoms with Crippen molar-refractivity contribution in [1.29, 1.82) is 0 Å². The summed E-state index contributed by atoms with van der Waals surface area (Å²) in [7, 11) is -3.04. The summed E-state index contributed by atoms with van der Waals surface area (Å²) in [6.45, 7) is 0. The first kappa shape index (κ1) is 39.6. The van der Waals surface area contributed by atoms with Gasteiger partial charge in [-0.05, 0) is 121 Å². The normalized spacial score (nSPS) is 12.8. The lowest BCUT2D eigenvalue weighted by Gasteiger charge is -2.35. The van der Waals surface area contributed by atoms with Crippen molar-refractivity contribution in [3.63, 3.8) is 0 Å². The van der Waals surface area contributed by atoms with Crippen LogP contribution in [0.15, 0.2) is 249 Å². The van der Waals surface area contributed by atoms with E-state index < -0.39 is 8.07 Å². The smallest absolute Gasteiger partial charge is 0.179 e. The Balaban J connectivity index is 1.03. The zero-order valence-electron chi connectivity index (χ0n) is 38.1. The molecule has 0 amide bonds. The third-order valence-corrected chi connectivity index (χ3v) is 19.9. The van der Waals surface area contributed by atoms with Crippen LogP contribution >= 0.6 is 0 Å². The molecule has 0 unspecified atom stereocenters. The molecule has 0 radical (unpaired) electrons. The Bertz CT molecular complexity index is 3960. The van der Waals surface area contributed by atoms with Crippen molar-refractivity contribution in [2.24, 2.45) is 0 Å². The quantitative estimate of drug-likeness (QED) is 0.116. The molecule has 0 atom stereocenters. The highest BCUT2D eigenvalue weighted by Gasteiger charge is 2.42. The zero-order chi connectivity index (χ0) is 45.5. The second-order valence-corrected chi connectivity index (χ2v) is 22.4. The van der Waals surface area contributed by atoms with E-state index in [0.29, 0.717) is 0 Å². The second-order valence-electron chi connectivity index (χ2n) is 18.6. The van der Waals surface area contributed by atoms with E-state index in [1.165, 1.54) is 121 Å². The predicted octanol–water partition coefficient (Wildman–Crippen LogP) is 14.0. The maximum Gasteiger partial charge on any atom is 0.179 e. The minimum Gasteiger partial charge on any atom is -0.313 e. The Morgan fingerprint density at radius 3 is 1.42 bits per heavy atom. The number of para-hydroxylation sites is 2. The van der Waals surface area contributed by atoms with Gasteiger partial charge in [0.25, 0.3) is 0 Å². The van der Waals surface area contributed by atoms with E-state index in [-0.39, 0.29) is 0 Å². The summed E-state index contributed by atoms with van der Waals surface area (Å²) >= 11 is 0. The van der Waals surface area contributed by atoms with Gasteiger partial charge in [-0.25, -0.2) is 0 Å². The molecule has 0 bridgehead atoms. The first-order chi connectivity index (χ1) is 34.3. The fourth-order valence-corrected chi connectivity index (χ4v) is 16.9. The van der Waals surface area contributed by atoms with E-state index in [1.807, 2.05) is 0 Å². The molecule has 0 saturated carbocycles. The molecule has 2 aromatic heterocycles. The summed E-state index contributed by atoms with van der Waals surface area (Å²) in [6.07, 6.45) is 6.77. The molecular formula is C66H46N2Si. The summed E-state index contributed by atoms with van der Waals surface area (Å²) in [5.41, 5.74) is 18.9. The highest BCUT2D eigenvalue weighted by molar-refractivity contribution is 7.20. The highest BCUT2D eigenvalue weighted by Crippen LogP contribution is 2.47. The van der Waals surface area contributed by atoms with Gasteiger partial charge >= 0.3 is 0 Å². The van der Waals surface area contributed by atoms with E-state index in [4.69, 9.17) is 0 Å². The van der Waals surface area contributed by atoms with Gasteiger partial charge in [-0.1, -0.05) is 212 Å². The second kappa shape index (κ2) is 15.8. The average molecular weight is 895 g/mol. The summed E-state index contributed by atoms with van der Waals surface area (Å²) in [6, 6.07) is 91.5. The fourth-order valence-electron chi connectivity index (χ4n) is 12.2. The Kier molecular flexibility index (Phi) is 9.08. The van der Waals surface area contributed by atoms with Gasteiger partial charge in [-0.3, -0.25) is 0 Å². The van der Waals surface area contributed by atoms with E-state index in [2.05, 4.69) is 264 Å². The molecule has 0 fully saturated rings. The first-order valence-corrected chi connectivity index (χ1v) is 26.2. The molecule has 12 aromatic rings. The summed E-state index contributed by atoms with van der Waals surface area (Å²) in [5, 5.41) is 9.29. The van der Waals surface area contributed by atoms with Crippen LogP contribution < -0.4 is 20.7 Å². The molecular weight excluding hydrogens is 849 g/mol. The van der Waals surface area contributed by atoms with Gasteiger partial charge in [0.2, 0.25) is 0 Å². The molecule has 0 spiro atoms. The number of hydrogen-bond donors (Lipinski definition) is 0. The van der Waals surface area contributed by atoms with Crippen LogP contribution in [0.25, 0.3) is 94.7 Å². The van der Waals surface area contributed by atoms with E-state index in [9.17, 15) is 0 Å². The van der Waals surface area contributed by atoms with Gasteiger partial charge in [0.1, 0.15) is 0 Å². The third kappa shape index (κ3) is 5.97. The molecule has 2 aliphatic rings. The number of rotatable bonds is 6. The molecule has 69 heavy (non-hydrogen) atoms. The van der Waals surface area contributed by atoms with Crippen LogP contribution in [-0.4, -0.2) is 17.2 Å². The molecule has 10 aromatic carbocycles. The number of aromatic nitrogens is 2. The summed E-state index contributed by atoms with van der Waals surface area (Å²) in [5.74, 6) is 0. The lowest BCUT2D eigenvalue weighted by Crippen LogP contribution is -2.74. The van der Waals surface area contributed by atoms with E-state index in [0.717, 1.165) is 12.8 Å². The lowest BCUT2D eigenvalue weighted by atomic mass is 9.81. The van der Waals surface area contributed by atoms with Crippen molar-refractivity contribution in [1.82, 2.24) is 9.13 Å². The molecule has 14 rings (SSSR count). The standard InChI is InChI=1S/C66H46N2Si/c1-4-20-45(21-5-1)67-63-34-18-16-32-58(63)61-42-46(36-40-65(61)67)68-64-35-19-17-33-59(64)62-44-50(38-41-66(62)68)69(47-22-6-2-7-23-47,48-24-8-3-9-25-48)49-37-39-57-55-30-13-12-28-53(55)51-26-10-11-27-52(51)54-29-14-15-31-56(54)60(57)43-49/h1-18,20-34,36-44H,19,35H2. The molecule has 0 N–H and O–H groups in total. The maximum absolute atomic E-state index is 3.04. The molecule has 2 heterocycles. The van der Waals surface area contributed by atoms with Gasteiger partial charge in [-0.2, -0.15) is 0 Å². The number of hydrogen-bond acceptors (Lipinski definition) is 0. The average Bonchev–Trinajstić information content (AvgIpc) is 3.94. The minimum atomic E-state index is -3.04. The van der Waals surface area contributed by atoms with Crippen LogP contribution in [0.5, 0.6) is 0 Å². The monoisotopic (exact) mass is 894 g/mol. The first-order valence-electron chi connectivity index (χ1n) is 24.2. The van der Waals surface area contributed by atoms with Gasteiger partial charge in [0, 0.05) is 38.8 Å². The van der Waals surface area contributed by atoms with Crippen LogP contribution in [-0.2, 0) is 6.42 Å². The SMILES string of the molecule is C1=Cc2c(n(-c3ccc4c(c3)c3ccccc3n4-c3ccccc3)c3ccc([Si](c4ccccc4)(c4ccccc4)c4ccc5c(c4)-c4ccccc4-c4ccccc4-c4ccccc4-5)cc23)CC1. The van der Waals surface area contributed by atoms with Gasteiger partial charge in [0.15, 0.2) is 8.07 Å². The molecule has 0 saturated heterocycles. The Hall–Kier alpha value is -8.50. The fraction of sp³-hybridized carbons (Fsp3) is 0.0303. The van der Waals surface area contributed by atoms with Gasteiger partial charge in [0.05, 0.1) is 16.6 Å². The van der Waals surface area contributed by atoms with E-state index in [1.54, 1.807) is 0 Å². The van der Waals surface area contributed by atoms with Crippen molar-refractivity contribution in [2.75, 3.05) is 0 Å². The van der Waals surface area contributed by atoms with E-state index >= 15 is 0 Å². The Morgan fingerprint density at radius 1 is 0.304 bits per heavy atom. The van der Waals surface area contributed by atoms with Crippen molar-refractivity contribution < 1.29 is 0 Å². The van der Waals surface area contributed by atoms with Crippen LogP contribution in [0.2, 0.25) is 0 Å². The topological polar surface area (TPSA) is 9.86 Å². The van der Waals surface area contributed by atoms with Gasteiger partial charge in [-0.15, -0.1) is 0 Å². The molecule has 2 aliphatic carbocycles. The van der Waals surface area contributed by atoms with Gasteiger partial charge < -0.3 is 9.13 Å². The third-order valence-electron chi connectivity index (χ3n) is 15.1. The van der Waals surface area contributed by atoms with Crippen molar-refractivity contribution in [2.45, 2.75) is 12.8 Å². The zero-order valence-corrected chi connectivity index (χ0v) is 39.1. The number of fused-ring (bicyclic) bond motifs is 14. The molecule has 324 valence electrons. The molecule has 3 heteroatoms. The highest BCUT2D eigenvalue weighted by atomic mass is 28.3. The van der Waals surface area contributed by atoms with Crippen molar-refractivity contribution in [3.8, 4) is 55.9 Å². The van der Waals surface area contributed by atoms with Crippen LogP contribution in [0.1, 0.15) is 17.7 Å². The lowest BCUT2D eigenvalue weighted by molar-refractivity contribution is 0.889. The number of nitrogens with zero attached hydrogens (tertiary/aromatic N) is 2. The molecule has 0 aliphatic heterocycles. The Labute approximate surface area is 403 Å². The summed E-state index contributed by atoms with van der Waals surface area (Å²) in [4.78, 5) is 0. The number of allylic oxidation sites excluding steroid dienone is 1. The Morgan fingerprint density at radius 2 is 0.783 bits per heavy atom.